The van der Waals surface area contributed by atoms with Gasteiger partial charge in [0, 0.05) is 17.6 Å². The van der Waals surface area contributed by atoms with E-state index >= 15 is 0 Å². The third-order valence-electron chi connectivity index (χ3n) is 3.09. The highest BCUT2D eigenvalue weighted by Gasteiger charge is 2.30. The van der Waals surface area contributed by atoms with Gasteiger partial charge in [0.25, 0.3) is 0 Å². The van der Waals surface area contributed by atoms with Crippen molar-refractivity contribution in [3.8, 4) is 0 Å². The van der Waals surface area contributed by atoms with E-state index in [2.05, 4.69) is 15.9 Å². The molecule has 0 unspecified atom stereocenters. The van der Waals surface area contributed by atoms with Crippen LogP contribution in [-0.4, -0.2) is 37.0 Å². The van der Waals surface area contributed by atoms with Crippen LogP contribution in [0.3, 0.4) is 0 Å². The number of benzene rings is 1. The monoisotopic (exact) mass is 352 g/mol. The Labute approximate surface area is 119 Å². The topological polar surface area (TPSA) is 83.6 Å². The molecule has 19 heavy (non-hydrogen) atoms. The fraction of sp³-hybridized carbons (Fsp3) is 0.455. The summed E-state index contributed by atoms with van der Waals surface area (Å²) in [4.78, 5) is -0.0530. The smallest absolute Gasteiger partial charge is 0.244 e. The van der Waals surface area contributed by atoms with Crippen molar-refractivity contribution in [2.24, 2.45) is 0 Å². The second-order valence-electron chi connectivity index (χ2n) is 4.44. The van der Waals surface area contributed by atoms with E-state index in [1.165, 1.54) is 4.31 Å². The summed E-state index contributed by atoms with van der Waals surface area (Å²) in [7, 11) is -3.73. The molecular weight excluding hydrogens is 339 g/mol. The summed E-state index contributed by atoms with van der Waals surface area (Å²) >= 11 is 3.04. The van der Waals surface area contributed by atoms with Crippen LogP contribution in [0.15, 0.2) is 21.5 Å². The molecule has 5 nitrogen and oxygen atoms in total. The number of nitrogen functional groups attached to an aromatic ring is 1. The Morgan fingerprint density at radius 2 is 1.95 bits per heavy atom. The summed E-state index contributed by atoms with van der Waals surface area (Å²) in [5.41, 5.74) is 5.21. The van der Waals surface area contributed by atoms with E-state index in [0.717, 1.165) is 12.1 Å². The minimum absolute atomic E-state index is 0.0530. The lowest BCUT2D eigenvalue weighted by Crippen LogP contribution is -2.40. The summed E-state index contributed by atoms with van der Waals surface area (Å²) in [5.74, 6) is -0.667. The van der Waals surface area contributed by atoms with Crippen LogP contribution in [0.5, 0.6) is 0 Å². The minimum Gasteiger partial charge on any atom is -0.396 e. The zero-order valence-electron chi connectivity index (χ0n) is 10.0. The van der Waals surface area contributed by atoms with Crippen LogP contribution in [0.25, 0.3) is 0 Å². The molecule has 0 saturated carbocycles. The number of anilines is 1. The number of piperidine rings is 1. The standard InChI is InChI=1S/C11H14BrFN2O3S/c12-8-5-9(13)10(14)6-11(8)19(17,18)15-3-1-7(16)2-4-15/h5-7,16H,1-4,14H2. The summed E-state index contributed by atoms with van der Waals surface area (Å²) in [5, 5.41) is 9.40. The van der Waals surface area contributed by atoms with Crippen LogP contribution >= 0.6 is 15.9 Å². The second-order valence-corrected chi connectivity index (χ2v) is 7.20. The predicted molar refractivity (Wildman–Crippen MR) is 72.5 cm³/mol. The molecule has 1 aromatic rings. The van der Waals surface area contributed by atoms with E-state index in [-0.39, 0.29) is 28.1 Å². The van der Waals surface area contributed by atoms with Gasteiger partial charge in [0.05, 0.1) is 16.7 Å². The van der Waals surface area contributed by atoms with Gasteiger partial charge < -0.3 is 10.8 Å². The van der Waals surface area contributed by atoms with Gasteiger partial charge in [0.1, 0.15) is 5.82 Å². The van der Waals surface area contributed by atoms with Gasteiger partial charge in [-0.05, 0) is 40.9 Å². The van der Waals surface area contributed by atoms with Crippen molar-refractivity contribution in [3.63, 3.8) is 0 Å². The SMILES string of the molecule is Nc1cc(S(=O)(=O)N2CCC(O)CC2)c(Br)cc1F. The van der Waals surface area contributed by atoms with Gasteiger partial charge in [-0.25, -0.2) is 12.8 Å². The van der Waals surface area contributed by atoms with E-state index < -0.39 is 21.9 Å². The third-order valence-corrected chi connectivity index (χ3v) is 5.95. The first-order chi connectivity index (χ1) is 8.82. The first-order valence-corrected chi connectivity index (χ1v) is 7.98. The molecule has 0 aliphatic carbocycles. The summed E-state index contributed by atoms with van der Waals surface area (Å²) < 4.78 is 39.5. The van der Waals surface area contributed by atoms with Crippen molar-refractivity contribution in [3.05, 3.63) is 22.4 Å². The first kappa shape index (κ1) is 14.7. The Balaban J connectivity index is 2.37. The second kappa shape index (κ2) is 5.35. The lowest BCUT2D eigenvalue weighted by Gasteiger charge is -2.29. The van der Waals surface area contributed by atoms with Gasteiger partial charge in [0.2, 0.25) is 10.0 Å². The van der Waals surface area contributed by atoms with Crippen molar-refractivity contribution in [2.75, 3.05) is 18.8 Å². The first-order valence-electron chi connectivity index (χ1n) is 5.75. The molecule has 106 valence electrons. The van der Waals surface area contributed by atoms with Crippen LogP contribution < -0.4 is 5.73 Å². The van der Waals surface area contributed by atoms with E-state index in [1.807, 2.05) is 0 Å². The molecule has 1 aromatic carbocycles. The summed E-state index contributed by atoms with van der Waals surface area (Å²) in [6, 6.07) is 2.15. The number of rotatable bonds is 2. The van der Waals surface area contributed by atoms with Crippen molar-refractivity contribution in [1.82, 2.24) is 4.31 Å². The average Bonchev–Trinajstić information content (AvgIpc) is 2.34. The lowest BCUT2D eigenvalue weighted by atomic mass is 10.1. The fourth-order valence-corrected chi connectivity index (χ4v) is 4.44. The number of nitrogens with two attached hydrogens (primary N) is 1. The van der Waals surface area contributed by atoms with Crippen LogP contribution in [0.4, 0.5) is 10.1 Å². The Bertz CT molecular complexity index is 586. The van der Waals surface area contributed by atoms with Crippen LogP contribution in [-0.2, 0) is 10.0 Å². The summed E-state index contributed by atoms with van der Waals surface area (Å²) in [6.45, 7) is 0.487. The molecule has 1 aliphatic rings. The molecule has 1 aliphatic heterocycles. The highest BCUT2D eigenvalue weighted by atomic mass is 79.9. The number of halogens is 2. The van der Waals surface area contributed by atoms with E-state index in [4.69, 9.17) is 5.73 Å². The number of hydrogen-bond acceptors (Lipinski definition) is 4. The largest absolute Gasteiger partial charge is 0.396 e. The van der Waals surface area contributed by atoms with Gasteiger partial charge >= 0.3 is 0 Å². The van der Waals surface area contributed by atoms with Crippen molar-refractivity contribution >= 4 is 31.6 Å². The molecule has 2 rings (SSSR count). The molecule has 0 amide bonds. The van der Waals surface area contributed by atoms with Gasteiger partial charge in [0.15, 0.2) is 0 Å². The average molecular weight is 353 g/mol. The molecule has 1 saturated heterocycles. The van der Waals surface area contributed by atoms with Crippen LogP contribution in [0, 0.1) is 5.82 Å². The van der Waals surface area contributed by atoms with Crippen LogP contribution in [0.2, 0.25) is 0 Å². The van der Waals surface area contributed by atoms with Crippen molar-refractivity contribution in [1.29, 1.82) is 0 Å². The summed E-state index contributed by atoms with van der Waals surface area (Å²) in [6.07, 6.45) is 0.328. The Hall–Kier alpha value is -0.700. The van der Waals surface area contributed by atoms with Crippen molar-refractivity contribution < 1.29 is 17.9 Å². The normalized spacial score (nSPS) is 18.7. The molecule has 1 fully saturated rings. The van der Waals surface area contributed by atoms with Gasteiger partial charge in [-0.3, -0.25) is 0 Å². The van der Waals surface area contributed by atoms with E-state index in [0.29, 0.717) is 12.8 Å². The number of hydrogen-bond donors (Lipinski definition) is 2. The quantitative estimate of drug-likeness (QED) is 0.786. The predicted octanol–water partition coefficient (Wildman–Crippen LogP) is 1.32. The Kier molecular flexibility index (Phi) is 4.14. The van der Waals surface area contributed by atoms with E-state index in [9.17, 15) is 17.9 Å². The van der Waals surface area contributed by atoms with Gasteiger partial charge in [-0.15, -0.1) is 0 Å². The zero-order valence-corrected chi connectivity index (χ0v) is 12.4. The molecule has 0 spiro atoms. The maximum atomic E-state index is 13.2. The number of aliphatic hydroxyl groups is 1. The molecule has 0 bridgehead atoms. The number of aliphatic hydroxyl groups excluding tert-OH is 1. The fourth-order valence-electron chi connectivity index (χ4n) is 1.96. The molecule has 8 heteroatoms. The molecule has 0 aromatic heterocycles. The molecule has 0 radical (unpaired) electrons. The minimum atomic E-state index is -3.73. The van der Waals surface area contributed by atoms with Gasteiger partial charge in [-0.2, -0.15) is 4.31 Å². The Morgan fingerprint density at radius 1 is 1.37 bits per heavy atom. The molecular formula is C11H14BrFN2O3S. The van der Waals surface area contributed by atoms with Crippen molar-refractivity contribution in [2.45, 2.75) is 23.8 Å². The highest BCUT2D eigenvalue weighted by Crippen LogP contribution is 2.30. The molecule has 0 atom stereocenters. The van der Waals surface area contributed by atoms with Gasteiger partial charge in [-0.1, -0.05) is 0 Å². The highest BCUT2D eigenvalue weighted by molar-refractivity contribution is 9.10. The lowest BCUT2D eigenvalue weighted by molar-refractivity contribution is 0.113. The maximum Gasteiger partial charge on any atom is 0.244 e. The number of nitrogens with zero attached hydrogens (tertiary/aromatic N) is 1. The third kappa shape index (κ3) is 2.91. The Morgan fingerprint density at radius 3 is 2.53 bits per heavy atom. The molecule has 3 N–H and O–H groups in total. The molecule has 1 heterocycles. The van der Waals surface area contributed by atoms with E-state index in [1.54, 1.807) is 0 Å². The van der Waals surface area contributed by atoms with Crippen LogP contribution in [0.1, 0.15) is 12.8 Å². The zero-order chi connectivity index (χ0) is 14.2. The maximum absolute atomic E-state index is 13.2. The number of sulfonamides is 1.